The second-order valence-corrected chi connectivity index (χ2v) is 2.38. The molecular formula is C4H8Cl2O2. The van der Waals surface area contributed by atoms with Crippen molar-refractivity contribution < 1.29 is 9.53 Å². The number of ether oxygens (including phenoxy) is 1. The Morgan fingerprint density at radius 3 is 1.75 bits per heavy atom. The molecule has 0 amide bonds. The minimum atomic E-state index is -0.222. The van der Waals surface area contributed by atoms with Crippen molar-refractivity contribution in [3.8, 4) is 0 Å². The third-order valence-electron chi connectivity index (χ3n) is 0.0962. The first-order chi connectivity index (χ1) is 3.65. The van der Waals surface area contributed by atoms with Crippen LogP contribution in [0.3, 0.4) is 0 Å². The zero-order valence-electron chi connectivity index (χ0n) is 4.73. The Morgan fingerprint density at radius 1 is 1.62 bits per heavy atom. The van der Waals surface area contributed by atoms with E-state index in [1.165, 1.54) is 7.11 Å². The molecule has 0 unspecified atom stereocenters. The fourth-order valence-electron chi connectivity index (χ4n) is 0. The van der Waals surface area contributed by atoms with Crippen molar-refractivity contribution in [2.24, 2.45) is 0 Å². The van der Waals surface area contributed by atoms with E-state index in [-0.39, 0.29) is 4.84 Å². The molecule has 0 fully saturated rings. The molecule has 0 bridgehead atoms. The Kier molecular flexibility index (Phi) is 13.8. The Balaban J connectivity index is 0. The number of rotatable bonds is 1. The zero-order chi connectivity index (χ0) is 6.99. The third kappa shape index (κ3) is 140. The summed E-state index contributed by atoms with van der Waals surface area (Å²) in [7, 11) is 1.31. The SMILES string of the molecule is CC(Cl)Cl.COC=O. The van der Waals surface area contributed by atoms with Crippen molar-refractivity contribution in [2.75, 3.05) is 7.11 Å². The molecule has 50 valence electrons. The topological polar surface area (TPSA) is 26.3 Å². The van der Waals surface area contributed by atoms with E-state index in [0.717, 1.165) is 0 Å². The Hall–Kier alpha value is 0.0500. The van der Waals surface area contributed by atoms with Gasteiger partial charge in [-0.3, -0.25) is 4.79 Å². The van der Waals surface area contributed by atoms with Crippen molar-refractivity contribution in [3.63, 3.8) is 0 Å². The first-order valence-corrected chi connectivity index (χ1v) is 2.77. The number of carbonyl (C=O) groups is 1. The first-order valence-electron chi connectivity index (χ1n) is 1.89. The van der Waals surface area contributed by atoms with Crippen LogP contribution < -0.4 is 0 Å². The molecule has 0 aliphatic rings. The number of methoxy groups -OCH3 is 1. The van der Waals surface area contributed by atoms with Gasteiger partial charge in [-0.25, -0.2) is 0 Å². The Bertz CT molecular complexity index is 44.5. The second kappa shape index (κ2) is 10.1. The molecular weight excluding hydrogens is 151 g/mol. The van der Waals surface area contributed by atoms with E-state index in [1.807, 2.05) is 0 Å². The minimum Gasteiger partial charge on any atom is -0.471 e. The molecule has 0 aromatic carbocycles. The molecule has 8 heavy (non-hydrogen) atoms. The monoisotopic (exact) mass is 158 g/mol. The summed E-state index contributed by atoms with van der Waals surface area (Å²) in [6, 6.07) is 0. The van der Waals surface area contributed by atoms with E-state index < -0.39 is 0 Å². The molecule has 0 spiro atoms. The van der Waals surface area contributed by atoms with Crippen LogP contribution in [-0.2, 0) is 9.53 Å². The van der Waals surface area contributed by atoms with Crippen molar-refractivity contribution in [2.45, 2.75) is 11.8 Å². The predicted molar refractivity (Wildman–Crippen MR) is 34.2 cm³/mol. The van der Waals surface area contributed by atoms with Crippen LogP contribution in [-0.4, -0.2) is 18.4 Å². The summed E-state index contributed by atoms with van der Waals surface area (Å²) in [5, 5.41) is 0. The molecule has 0 N–H and O–H groups in total. The van der Waals surface area contributed by atoms with Crippen molar-refractivity contribution in [1.82, 2.24) is 0 Å². The summed E-state index contributed by atoms with van der Waals surface area (Å²) in [6.45, 7) is 2.07. The van der Waals surface area contributed by atoms with Gasteiger partial charge in [0.2, 0.25) is 0 Å². The summed E-state index contributed by atoms with van der Waals surface area (Å²) >= 11 is 10.1. The highest BCUT2D eigenvalue weighted by atomic mass is 35.5. The first kappa shape index (κ1) is 10.9. The lowest BCUT2D eigenvalue weighted by atomic mass is 11.0. The van der Waals surface area contributed by atoms with Gasteiger partial charge in [-0.1, -0.05) is 0 Å². The Morgan fingerprint density at radius 2 is 1.75 bits per heavy atom. The van der Waals surface area contributed by atoms with Gasteiger partial charge in [0.25, 0.3) is 6.47 Å². The van der Waals surface area contributed by atoms with Crippen LogP contribution in [0.4, 0.5) is 0 Å². The molecule has 0 atom stereocenters. The van der Waals surface area contributed by atoms with E-state index in [0.29, 0.717) is 6.47 Å². The lowest BCUT2D eigenvalue weighted by Crippen LogP contribution is -1.68. The summed E-state index contributed by atoms with van der Waals surface area (Å²) in [6.07, 6.45) is 0. The van der Waals surface area contributed by atoms with Gasteiger partial charge in [-0.2, -0.15) is 0 Å². The van der Waals surface area contributed by atoms with Crippen LogP contribution in [0.15, 0.2) is 0 Å². The smallest absolute Gasteiger partial charge is 0.292 e. The van der Waals surface area contributed by atoms with Gasteiger partial charge in [0.15, 0.2) is 0 Å². The second-order valence-electron chi connectivity index (χ2n) is 0.851. The number of hydrogen-bond acceptors (Lipinski definition) is 2. The number of carbonyl (C=O) groups excluding carboxylic acids is 1. The van der Waals surface area contributed by atoms with Crippen LogP contribution >= 0.6 is 23.2 Å². The summed E-state index contributed by atoms with van der Waals surface area (Å²) in [5.41, 5.74) is 0. The number of hydrogen-bond donors (Lipinski definition) is 0. The van der Waals surface area contributed by atoms with Crippen LogP contribution in [0, 0.1) is 0 Å². The van der Waals surface area contributed by atoms with Gasteiger partial charge in [0, 0.05) is 0 Å². The largest absolute Gasteiger partial charge is 0.471 e. The van der Waals surface area contributed by atoms with Crippen LogP contribution in [0.25, 0.3) is 0 Å². The van der Waals surface area contributed by atoms with Crippen LogP contribution in [0.2, 0.25) is 0 Å². The van der Waals surface area contributed by atoms with Gasteiger partial charge in [0.1, 0.15) is 4.84 Å². The zero-order valence-corrected chi connectivity index (χ0v) is 6.24. The summed E-state index contributed by atoms with van der Waals surface area (Å²) < 4.78 is 3.86. The third-order valence-corrected chi connectivity index (χ3v) is 0.0962. The average molecular weight is 159 g/mol. The Labute approximate surface area is 58.7 Å². The maximum atomic E-state index is 8.95. The van der Waals surface area contributed by atoms with Crippen LogP contribution in [0.5, 0.6) is 0 Å². The standard InChI is InChI=1S/C2H4Cl2.C2H4O2/c1-2(3)4;1-4-2-3/h2*2H,1H3. The molecule has 0 aromatic rings. The van der Waals surface area contributed by atoms with E-state index in [2.05, 4.69) is 4.74 Å². The quantitative estimate of drug-likeness (QED) is 0.429. The van der Waals surface area contributed by atoms with Gasteiger partial charge in [0.05, 0.1) is 7.11 Å². The molecule has 0 heterocycles. The van der Waals surface area contributed by atoms with E-state index >= 15 is 0 Å². The normalized spacial score (nSPS) is 7.12. The highest BCUT2D eigenvalue weighted by molar-refractivity contribution is 6.43. The van der Waals surface area contributed by atoms with Gasteiger partial charge < -0.3 is 4.74 Å². The molecule has 0 aliphatic carbocycles. The van der Waals surface area contributed by atoms with E-state index in [9.17, 15) is 0 Å². The lowest BCUT2D eigenvalue weighted by Gasteiger charge is -1.72. The summed E-state index contributed by atoms with van der Waals surface area (Å²) in [5.74, 6) is 0. The predicted octanol–water partition coefficient (Wildman–Crippen LogP) is 1.60. The minimum absolute atomic E-state index is 0.222. The van der Waals surface area contributed by atoms with Gasteiger partial charge in [-0.05, 0) is 6.92 Å². The molecule has 2 nitrogen and oxygen atoms in total. The number of halogens is 2. The molecule has 0 saturated carbocycles. The molecule has 0 rings (SSSR count). The average Bonchev–Trinajstić information content (AvgIpc) is 1.65. The van der Waals surface area contributed by atoms with Crippen molar-refractivity contribution in [3.05, 3.63) is 0 Å². The van der Waals surface area contributed by atoms with Crippen LogP contribution in [0.1, 0.15) is 6.92 Å². The molecule has 0 radical (unpaired) electrons. The maximum Gasteiger partial charge on any atom is 0.292 e. The molecule has 0 aliphatic heterocycles. The number of alkyl halides is 2. The molecule has 0 aromatic heterocycles. The summed E-state index contributed by atoms with van der Waals surface area (Å²) in [4.78, 5) is 8.73. The highest BCUT2D eigenvalue weighted by Gasteiger charge is 1.75. The van der Waals surface area contributed by atoms with E-state index in [4.69, 9.17) is 28.0 Å². The fourth-order valence-corrected chi connectivity index (χ4v) is 0. The fraction of sp³-hybridized carbons (Fsp3) is 0.750. The van der Waals surface area contributed by atoms with E-state index in [1.54, 1.807) is 6.92 Å². The van der Waals surface area contributed by atoms with Crippen molar-refractivity contribution >= 4 is 29.7 Å². The van der Waals surface area contributed by atoms with Gasteiger partial charge in [-0.15, -0.1) is 23.2 Å². The van der Waals surface area contributed by atoms with Gasteiger partial charge >= 0.3 is 0 Å². The molecule has 4 heteroatoms. The highest BCUT2D eigenvalue weighted by Crippen LogP contribution is 1.95. The maximum absolute atomic E-state index is 8.95. The van der Waals surface area contributed by atoms with Crippen molar-refractivity contribution in [1.29, 1.82) is 0 Å². The molecule has 0 saturated heterocycles. The lowest BCUT2D eigenvalue weighted by molar-refractivity contribution is -0.126.